The molecule has 0 heterocycles. The van der Waals surface area contributed by atoms with Crippen molar-refractivity contribution >= 4 is 5.71 Å². The summed E-state index contributed by atoms with van der Waals surface area (Å²) in [4.78, 5) is 5.15. The fraction of sp³-hybridized carbons (Fsp3) is 0.950. The van der Waals surface area contributed by atoms with E-state index in [1.807, 2.05) is 0 Å². The first-order valence-corrected chi connectivity index (χ1v) is 9.77. The maximum atomic E-state index is 10.1. The quantitative estimate of drug-likeness (QED) is 0.728. The van der Waals surface area contributed by atoms with E-state index in [1.54, 1.807) is 7.11 Å². The molecule has 4 aliphatic rings. The lowest BCUT2D eigenvalue weighted by Gasteiger charge is -2.60. The van der Waals surface area contributed by atoms with Gasteiger partial charge in [-0.2, -0.15) is 0 Å². The highest BCUT2D eigenvalue weighted by atomic mass is 16.6. The Morgan fingerprint density at radius 3 is 2.65 bits per heavy atom. The van der Waals surface area contributed by atoms with Crippen LogP contribution in [0.4, 0.5) is 0 Å². The van der Waals surface area contributed by atoms with Gasteiger partial charge in [0.25, 0.3) is 0 Å². The maximum absolute atomic E-state index is 10.1. The van der Waals surface area contributed by atoms with Crippen LogP contribution in [0.3, 0.4) is 0 Å². The zero-order valence-electron chi connectivity index (χ0n) is 15.1. The first kappa shape index (κ1) is 15.9. The molecule has 4 aliphatic carbocycles. The van der Waals surface area contributed by atoms with Crippen molar-refractivity contribution in [2.75, 3.05) is 7.11 Å². The van der Waals surface area contributed by atoms with Gasteiger partial charge in [0, 0.05) is 5.41 Å². The molecule has 4 fully saturated rings. The second-order valence-corrected chi connectivity index (χ2v) is 9.30. The van der Waals surface area contributed by atoms with Crippen LogP contribution in [0.5, 0.6) is 0 Å². The topological polar surface area (TPSA) is 41.8 Å². The zero-order valence-corrected chi connectivity index (χ0v) is 15.1. The average molecular weight is 319 g/mol. The molecular weight excluding hydrogens is 286 g/mol. The molecule has 0 saturated heterocycles. The summed E-state index contributed by atoms with van der Waals surface area (Å²) in [5.74, 6) is 3.30. The SMILES string of the molecule is CO/N=C1\CC[C@H]2[C@@H]3CCC4CC(O)CC[C@]4(C)[C@H]3CC[C@]12C. The normalized spacial score (nSPS) is 54.3. The molecule has 2 unspecified atom stereocenters. The summed E-state index contributed by atoms with van der Waals surface area (Å²) < 4.78 is 0. The third-order valence-corrected chi connectivity index (χ3v) is 8.58. The molecule has 4 saturated carbocycles. The van der Waals surface area contributed by atoms with E-state index in [-0.39, 0.29) is 11.5 Å². The summed E-state index contributed by atoms with van der Waals surface area (Å²) in [7, 11) is 1.69. The highest BCUT2D eigenvalue weighted by Gasteiger charge is 2.59. The summed E-state index contributed by atoms with van der Waals surface area (Å²) in [6.45, 7) is 5.01. The van der Waals surface area contributed by atoms with Gasteiger partial charge in [-0.05, 0) is 86.9 Å². The molecule has 0 aromatic heterocycles. The molecule has 3 nitrogen and oxygen atoms in total. The first-order valence-electron chi connectivity index (χ1n) is 9.77. The predicted octanol–water partition coefficient (Wildman–Crippen LogP) is 4.39. The summed E-state index contributed by atoms with van der Waals surface area (Å²) in [6.07, 6.45) is 11.1. The average Bonchev–Trinajstić information content (AvgIpc) is 2.85. The standard InChI is InChI=1S/C20H33NO2/c1-19-10-8-14(22)12-13(19)4-5-15-16-6-7-18(21-23-3)20(16,2)11-9-17(15)19/h13-17,22H,4-12H2,1-3H3/b21-18+/t13?,14?,15-,16-,17-,19-,20-/m0/s1. The van der Waals surface area contributed by atoms with Crippen molar-refractivity contribution < 1.29 is 9.94 Å². The molecule has 130 valence electrons. The Bertz CT molecular complexity index is 504. The Morgan fingerprint density at radius 1 is 1.04 bits per heavy atom. The van der Waals surface area contributed by atoms with Crippen molar-refractivity contribution in [3.63, 3.8) is 0 Å². The van der Waals surface area contributed by atoms with Crippen LogP contribution in [-0.4, -0.2) is 24.0 Å². The molecular formula is C20H33NO2. The number of hydrogen-bond donors (Lipinski definition) is 1. The van der Waals surface area contributed by atoms with Crippen LogP contribution in [-0.2, 0) is 4.84 Å². The van der Waals surface area contributed by atoms with Gasteiger partial charge in [-0.15, -0.1) is 0 Å². The molecule has 7 atom stereocenters. The van der Waals surface area contributed by atoms with Crippen LogP contribution >= 0.6 is 0 Å². The summed E-state index contributed by atoms with van der Waals surface area (Å²) >= 11 is 0. The number of aliphatic hydroxyl groups is 1. The Balaban J connectivity index is 1.62. The minimum atomic E-state index is -0.0367. The molecule has 0 aliphatic heterocycles. The molecule has 0 radical (unpaired) electrons. The van der Waals surface area contributed by atoms with Gasteiger partial charge in [-0.25, -0.2) is 0 Å². The van der Waals surface area contributed by atoms with Crippen molar-refractivity contribution in [1.29, 1.82) is 0 Å². The Morgan fingerprint density at radius 2 is 1.87 bits per heavy atom. The lowest BCUT2D eigenvalue weighted by molar-refractivity contribution is -0.114. The third kappa shape index (κ3) is 2.22. The number of nitrogens with zero attached hydrogens (tertiary/aromatic N) is 1. The monoisotopic (exact) mass is 319 g/mol. The molecule has 3 heteroatoms. The maximum Gasteiger partial charge on any atom is 0.106 e. The fourth-order valence-corrected chi connectivity index (χ4v) is 7.28. The van der Waals surface area contributed by atoms with E-state index in [0.717, 1.165) is 42.9 Å². The van der Waals surface area contributed by atoms with Crippen molar-refractivity contribution in [1.82, 2.24) is 0 Å². The van der Waals surface area contributed by atoms with Crippen LogP contribution in [0.1, 0.15) is 71.6 Å². The van der Waals surface area contributed by atoms with Crippen LogP contribution in [0.25, 0.3) is 0 Å². The Kier molecular flexibility index (Phi) is 3.79. The van der Waals surface area contributed by atoms with E-state index in [0.29, 0.717) is 5.41 Å². The van der Waals surface area contributed by atoms with Crippen LogP contribution in [0.15, 0.2) is 5.16 Å². The van der Waals surface area contributed by atoms with Crippen molar-refractivity contribution in [3.8, 4) is 0 Å². The molecule has 4 rings (SSSR count). The van der Waals surface area contributed by atoms with E-state index >= 15 is 0 Å². The highest BCUT2D eigenvalue weighted by molar-refractivity contribution is 5.92. The van der Waals surface area contributed by atoms with E-state index in [2.05, 4.69) is 19.0 Å². The fourth-order valence-electron chi connectivity index (χ4n) is 7.28. The molecule has 0 aromatic rings. The molecule has 23 heavy (non-hydrogen) atoms. The number of rotatable bonds is 1. The van der Waals surface area contributed by atoms with E-state index < -0.39 is 0 Å². The van der Waals surface area contributed by atoms with Gasteiger partial charge in [0.2, 0.25) is 0 Å². The van der Waals surface area contributed by atoms with Gasteiger partial charge in [0.05, 0.1) is 11.8 Å². The van der Waals surface area contributed by atoms with Gasteiger partial charge in [0.15, 0.2) is 0 Å². The van der Waals surface area contributed by atoms with Gasteiger partial charge >= 0.3 is 0 Å². The van der Waals surface area contributed by atoms with Gasteiger partial charge < -0.3 is 9.94 Å². The summed E-state index contributed by atoms with van der Waals surface area (Å²) in [5.41, 5.74) is 2.09. The predicted molar refractivity (Wildman–Crippen MR) is 92.2 cm³/mol. The van der Waals surface area contributed by atoms with Crippen LogP contribution in [0.2, 0.25) is 0 Å². The van der Waals surface area contributed by atoms with Gasteiger partial charge in [-0.3, -0.25) is 0 Å². The van der Waals surface area contributed by atoms with Crippen LogP contribution < -0.4 is 0 Å². The van der Waals surface area contributed by atoms with Gasteiger partial charge in [0.1, 0.15) is 7.11 Å². The molecule has 0 aromatic carbocycles. The molecule has 1 N–H and O–H groups in total. The van der Waals surface area contributed by atoms with E-state index in [1.165, 1.54) is 44.2 Å². The molecule has 0 bridgehead atoms. The van der Waals surface area contributed by atoms with Crippen molar-refractivity contribution in [2.45, 2.75) is 77.7 Å². The molecule has 0 amide bonds. The first-order chi connectivity index (χ1) is 11.0. The minimum absolute atomic E-state index is 0.0367. The van der Waals surface area contributed by atoms with Crippen molar-refractivity contribution in [3.05, 3.63) is 0 Å². The van der Waals surface area contributed by atoms with Gasteiger partial charge in [-0.1, -0.05) is 19.0 Å². The summed E-state index contributed by atoms with van der Waals surface area (Å²) in [5, 5.41) is 14.5. The largest absolute Gasteiger partial charge is 0.399 e. The lowest BCUT2D eigenvalue weighted by atomic mass is 9.45. The summed E-state index contributed by atoms with van der Waals surface area (Å²) in [6, 6.07) is 0. The smallest absolute Gasteiger partial charge is 0.106 e. The number of fused-ring (bicyclic) bond motifs is 5. The van der Waals surface area contributed by atoms with E-state index in [9.17, 15) is 5.11 Å². The Labute approximate surface area is 140 Å². The lowest BCUT2D eigenvalue weighted by Crippen LogP contribution is -2.54. The Hall–Kier alpha value is -0.570. The highest BCUT2D eigenvalue weighted by Crippen LogP contribution is 2.65. The van der Waals surface area contributed by atoms with E-state index in [4.69, 9.17) is 4.84 Å². The second-order valence-electron chi connectivity index (χ2n) is 9.30. The third-order valence-electron chi connectivity index (χ3n) is 8.58. The second kappa shape index (κ2) is 5.47. The van der Waals surface area contributed by atoms with Crippen LogP contribution in [0, 0.1) is 34.5 Å². The minimum Gasteiger partial charge on any atom is -0.399 e. The zero-order chi connectivity index (χ0) is 16.2. The number of aliphatic hydroxyl groups excluding tert-OH is 1. The van der Waals surface area contributed by atoms with Crippen molar-refractivity contribution in [2.24, 2.45) is 39.7 Å². The number of hydrogen-bond acceptors (Lipinski definition) is 3. The molecule has 0 spiro atoms. The number of oxime groups is 1.